The molecule has 5 aliphatic rings. The standard InChI is InChI=1S/C17H29N/c1-2-13(3-5-18-4-1)9-17-10-14-6-15(11-17)8-16(7-14)12-17/h13-16,18H,1-12H2. The van der Waals surface area contributed by atoms with Crippen molar-refractivity contribution in [3.63, 3.8) is 0 Å². The van der Waals surface area contributed by atoms with Crippen LogP contribution in [-0.2, 0) is 0 Å². The molecular formula is C17H29N. The van der Waals surface area contributed by atoms with E-state index in [-0.39, 0.29) is 0 Å². The first-order valence-electron chi connectivity index (χ1n) is 8.52. The second kappa shape index (κ2) is 4.51. The minimum absolute atomic E-state index is 0.823. The lowest BCUT2D eigenvalue weighted by atomic mass is 9.48. The van der Waals surface area contributed by atoms with Crippen molar-refractivity contribution in [2.24, 2.45) is 29.1 Å². The summed E-state index contributed by atoms with van der Waals surface area (Å²) >= 11 is 0. The fourth-order valence-electron chi connectivity index (χ4n) is 6.45. The average molecular weight is 247 g/mol. The Morgan fingerprint density at radius 1 is 0.833 bits per heavy atom. The summed E-state index contributed by atoms with van der Waals surface area (Å²) in [4.78, 5) is 0. The highest BCUT2D eigenvalue weighted by Gasteiger charge is 2.51. The molecule has 102 valence electrons. The third-order valence-electron chi connectivity index (χ3n) is 6.58. The first-order chi connectivity index (χ1) is 8.81. The van der Waals surface area contributed by atoms with Crippen molar-refractivity contribution in [1.29, 1.82) is 0 Å². The van der Waals surface area contributed by atoms with Gasteiger partial charge in [-0.15, -0.1) is 0 Å². The zero-order chi connectivity index (χ0) is 12.0. The van der Waals surface area contributed by atoms with Gasteiger partial charge in [0, 0.05) is 0 Å². The highest BCUT2D eigenvalue weighted by atomic mass is 14.8. The van der Waals surface area contributed by atoms with Crippen LogP contribution in [-0.4, -0.2) is 13.1 Å². The van der Waals surface area contributed by atoms with E-state index in [2.05, 4.69) is 5.32 Å². The molecule has 4 aliphatic carbocycles. The Hall–Kier alpha value is -0.0400. The van der Waals surface area contributed by atoms with Crippen LogP contribution < -0.4 is 5.32 Å². The van der Waals surface area contributed by atoms with Gasteiger partial charge in [-0.1, -0.05) is 0 Å². The molecule has 1 heteroatoms. The predicted molar refractivity (Wildman–Crippen MR) is 75.4 cm³/mol. The summed E-state index contributed by atoms with van der Waals surface area (Å²) in [7, 11) is 0. The fourth-order valence-corrected chi connectivity index (χ4v) is 6.45. The topological polar surface area (TPSA) is 12.0 Å². The van der Waals surface area contributed by atoms with Gasteiger partial charge in [0.25, 0.3) is 0 Å². The minimum atomic E-state index is 0.823. The maximum absolute atomic E-state index is 3.59. The molecule has 5 fully saturated rings. The highest BCUT2D eigenvalue weighted by Crippen LogP contribution is 2.62. The van der Waals surface area contributed by atoms with Gasteiger partial charge in [-0.2, -0.15) is 0 Å². The minimum Gasteiger partial charge on any atom is -0.317 e. The van der Waals surface area contributed by atoms with E-state index in [1.165, 1.54) is 32.4 Å². The Labute approximate surface area is 112 Å². The fraction of sp³-hybridized carbons (Fsp3) is 1.00. The lowest BCUT2D eigenvalue weighted by Crippen LogP contribution is -2.46. The van der Waals surface area contributed by atoms with Crippen LogP contribution in [0.25, 0.3) is 0 Å². The Bertz CT molecular complexity index is 265. The number of hydrogen-bond acceptors (Lipinski definition) is 1. The molecular weight excluding hydrogens is 218 g/mol. The normalized spacial score (nSPS) is 51.3. The van der Waals surface area contributed by atoms with Gasteiger partial charge in [0.15, 0.2) is 0 Å². The Balaban J connectivity index is 1.46. The summed E-state index contributed by atoms with van der Waals surface area (Å²) in [5.74, 6) is 4.47. The summed E-state index contributed by atoms with van der Waals surface area (Å²) in [5, 5.41) is 3.59. The van der Waals surface area contributed by atoms with E-state index in [0.717, 1.165) is 29.1 Å². The van der Waals surface area contributed by atoms with E-state index in [9.17, 15) is 0 Å². The van der Waals surface area contributed by atoms with Crippen LogP contribution in [0.5, 0.6) is 0 Å². The van der Waals surface area contributed by atoms with Gasteiger partial charge in [0.2, 0.25) is 0 Å². The molecule has 0 aromatic rings. The molecule has 0 aromatic heterocycles. The number of nitrogens with one attached hydrogen (secondary N) is 1. The summed E-state index contributed by atoms with van der Waals surface area (Å²) in [5.41, 5.74) is 0.823. The third-order valence-corrected chi connectivity index (χ3v) is 6.58. The average Bonchev–Trinajstić information content (AvgIpc) is 2.55. The molecule has 18 heavy (non-hydrogen) atoms. The molecule has 1 heterocycles. The Kier molecular flexibility index (Phi) is 2.94. The second-order valence-electron chi connectivity index (χ2n) is 8.17. The van der Waals surface area contributed by atoms with Crippen LogP contribution in [0.2, 0.25) is 0 Å². The maximum Gasteiger partial charge on any atom is -0.00463 e. The van der Waals surface area contributed by atoms with Crippen LogP contribution >= 0.6 is 0 Å². The molecule has 0 amide bonds. The SMILES string of the molecule is C1CNCCC(CC23CC4CC(CC(C4)C2)C3)C1. The summed E-state index contributed by atoms with van der Waals surface area (Å²) in [6.45, 7) is 2.56. The molecule has 0 radical (unpaired) electrons. The molecule has 1 atom stereocenters. The molecule has 0 aromatic carbocycles. The van der Waals surface area contributed by atoms with Gasteiger partial charge < -0.3 is 5.32 Å². The van der Waals surface area contributed by atoms with Gasteiger partial charge >= 0.3 is 0 Å². The molecule has 4 saturated carbocycles. The van der Waals surface area contributed by atoms with Crippen molar-refractivity contribution < 1.29 is 0 Å². The molecule has 1 N–H and O–H groups in total. The zero-order valence-corrected chi connectivity index (χ0v) is 11.8. The van der Waals surface area contributed by atoms with Gasteiger partial charge in [0.05, 0.1) is 0 Å². The quantitative estimate of drug-likeness (QED) is 0.778. The molecule has 1 unspecified atom stereocenters. The molecule has 0 spiro atoms. The van der Waals surface area contributed by atoms with Crippen molar-refractivity contribution in [2.45, 2.75) is 64.2 Å². The van der Waals surface area contributed by atoms with Crippen molar-refractivity contribution in [3.05, 3.63) is 0 Å². The van der Waals surface area contributed by atoms with Crippen LogP contribution in [0, 0.1) is 29.1 Å². The van der Waals surface area contributed by atoms with Crippen molar-refractivity contribution in [2.75, 3.05) is 13.1 Å². The molecule has 1 nitrogen and oxygen atoms in total. The largest absolute Gasteiger partial charge is 0.317 e. The Morgan fingerprint density at radius 2 is 1.50 bits per heavy atom. The van der Waals surface area contributed by atoms with Crippen LogP contribution in [0.15, 0.2) is 0 Å². The van der Waals surface area contributed by atoms with Crippen molar-refractivity contribution in [3.8, 4) is 0 Å². The summed E-state index contributed by atoms with van der Waals surface area (Å²) in [6, 6.07) is 0. The van der Waals surface area contributed by atoms with Crippen molar-refractivity contribution in [1.82, 2.24) is 5.32 Å². The second-order valence-corrected chi connectivity index (χ2v) is 8.17. The smallest absolute Gasteiger partial charge is 0.00463 e. The van der Waals surface area contributed by atoms with E-state index in [1.54, 1.807) is 44.9 Å². The van der Waals surface area contributed by atoms with Crippen LogP contribution in [0.3, 0.4) is 0 Å². The molecule has 5 rings (SSSR count). The lowest BCUT2D eigenvalue weighted by Gasteiger charge is -2.57. The van der Waals surface area contributed by atoms with E-state index >= 15 is 0 Å². The molecule has 4 bridgehead atoms. The summed E-state index contributed by atoms with van der Waals surface area (Å²) in [6.07, 6.45) is 15.6. The molecule has 1 aliphatic heterocycles. The third kappa shape index (κ3) is 2.13. The van der Waals surface area contributed by atoms with Gasteiger partial charge in [-0.25, -0.2) is 0 Å². The first kappa shape index (κ1) is 11.8. The van der Waals surface area contributed by atoms with Crippen LogP contribution in [0.1, 0.15) is 64.2 Å². The van der Waals surface area contributed by atoms with E-state index in [1.807, 2.05) is 0 Å². The predicted octanol–water partition coefficient (Wildman–Crippen LogP) is 3.98. The monoisotopic (exact) mass is 247 g/mol. The van der Waals surface area contributed by atoms with E-state index in [0.29, 0.717) is 0 Å². The number of rotatable bonds is 2. The first-order valence-corrected chi connectivity index (χ1v) is 8.52. The van der Waals surface area contributed by atoms with E-state index < -0.39 is 0 Å². The zero-order valence-electron chi connectivity index (χ0n) is 11.8. The number of hydrogen-bond donors (Lipinski definition) is 1. The molecule has 1 saturated heterocycles. The van der Waals surface area contributed by atoms with Crippen LogP contribution in [0.4, 0.5) is 0 Å². The van der Waals surface area contributed by atoms with Crippen molar-refractivity contribution >= 4 is 0 Å². The van der Waals surface area contributed by atoms with Gasteiger partial charge in [0.1, 0.15) is 0 Å². The van der Waals surface area contributed by atoms with E-state index in [4.69, 9.17) is 0 Å². The summed E-state index contributed by atoms with van der Waals surface area (Å²) < 4.78 is 0. The van der Waals surface area contributed by atoms with Gasteiger partial charge in [-0.3, -0.25) is 0 Å². The maximum atomic E-state index is 3.59. The Morgan fingerprint density at radius 3 is 2.17 bits per heavy atom. The highest BCUT2D eigenvalue weighted by molar-refractivity contribution is 5.02. The lowest BCUT2D eigenvalue weighted by molar-refractivity contribution is -0.0660. The van der Waals surface area contributed by atoms with Gasteiger partial charge in [-0.05, 0) is 106 Å².